The van der Waals surface area contributed by atoms with E-state index in [1.165, 1.54) is 32.1 Å². The Balaban J connectivity index is 1.95. The minimum absolute atomic E-state index is 0.307. The molecule has 3 unspecified atom stereocenters. The first-order chi connectivity index (χ1) is 8.61. The van der Waals surface area contributed by atoms with Crippen molar-refractivity contribution in [3.05, 3.63) is 0 Å². The lowest BCUT2D eigenvalue weighted by molar-refractivity contribution is -0.129. The maximum absolute atomic E-state index is 12.3. The number of ketones is 1. The number of carbonyl (C=O) groups excluding carboxylic acids is 1. The van der Waals surface area contributed by atoms with Crippen molar-refractivity contribution in [1.82, 2.24) is 4.90 Å². The van der Waals surface area contributed by atoms with E-state index in [0.717, 1.165) is 25.6 Å². The molecule has 2 aliphatic rings. The van der Waals surface area contributed by atoms with E-state index < -0.39 is 0 Å². The predicted octanol–water partition coefficient (Wildman–Crippen LogP) is 3.50. The van der Waals surface area contributed by atoms with Gasteiger partial charge >= 0.3 is 0 Å². The summed E-state index contributed by atoms with van der Waals surface area (Å²) in [6.07, 6.45) is 7.51. The highest BCUT2D eigenvalue weighted by molar-refractivity contribution is 5.82. The van der Waals surface area contributed by atoms with Crippen LogP contribution in [-0.4, -0.2) is 29.8 Å². The maximum Gasteiger partial charge on any atom is 0.137 e. The van der Waals surface area contributed by atoms with Gasteiger partial charge in [-0.15, -0.1) is 0 Å². The second-order valence-electron chi connectivity index (χ2n) is 6.62. The van der Waals surface area contributed by atoms with Gasteiger partial charge < -0.3 is 0 Å². The molecule has 2 aliphatic carbocycles. The number of nitrogens with zero attached hydrogens (tertiary/aromatic N) is 1. The number of hydrogen-bond acceptors (Lipinski definition) is 2. The van der Waals surface area contributed by atoms with Crippen molar-refractivity contribution in [3.8, 4) is 0 Å². The molecule has 2 rings (SSSR count). The zero-order valence-electron chi connectivity index (χ0n) is 12.3. The highest BCUT2D eigenvalue weighted by atomic mass is 16.1. The van der Waals surface area contributed by atoms with E-state index in [1.807, 2.05) is 0 Å². The van der Waals surface area contributed by atoms with E-state index in [1.54, 1.807) is 0 Å². The summed E-state index contributed by atoms with van der Waals surface area (Å²) in [6.45, 7) is 8.88. The van der Waals surface area contributed by atoms with Crippen LogP contribution in [0, 0.1) is 17.8 Å². The fourth-order valence-electron chi connectivity index (χ4n) is 4.03. The van der Waals surface area contributed by atoms with Gasteiger partial charge in [-0.25, -0.2) is 0 Å². The van der Waals surface area contributed by atoms with E-state index in [9.17, 15) is 4.79 Å². The van der Waals surface area contributed by atoms with E-state index in [2.05, 4.69) is 25.7 Å². The molecule has 0 radical (unpaired) electrons. The van der Waals surface area contributed by atoms with Crippen molar-refractivity contribution in [2.75, 3.05) is 13.1 Å². The first kappa shape index (κ1) is 14.0. The van der Waals surface area contributed by atoms with Crippen molar-refractivity contribution in [2.24, 2.45) is 17.8 Å². The SMILES string of the molecule is CCN(CC1C(=O)CC(C)CC1C)C1CCCC1. The summed E-state index contributed by atoms with van der Waals surface area (Å²) in [4.78, 5) is 14.8. The van der Waals surface area contributed by atoms with Gasteiger partial charge in [-0.3, -0.25) is 9.69 Å². The Labute approximate surface area is 112 Å². The Hall–Kier alpha value is -0.370. The molecule has 2 saturated carbocycles. The average molecular weight is 251 g/mol. The molecule has 0 aromatic heterocycles. The van der Waals surface area contributed by atoms with Crippen LogP contribution in [-0.2, 0) is 4.79 Å². The van der Waals surface area contributed by atoms with Crippen LogP contribution in [0.3, 0.4) is 0 Å². The smallest absolute Gasteiger partial charge is 0.137 e. The van der Waals surface area contributed by atoms with Crippen LogP contribution in [0.2, 0.25) is 0 Å². The lowest BCUT2D eigenvalue weighted by Gasteiger charge is -2.37. The van der Waals surface area contributed by atoms with Crippen molar-refractivity contribution in [2.45, 2.75) is 65.3 Å². The Morgan fingerprint density at radius 2 is 1.89 bits per heavy atom. The summed E-state index contributed by atoms with van der Waals surface area (Å²) in [5, 5.41) is 0. The summed E-state index contributed by atoms with van der Waals surface area (Å²) in [5.41, 5.74) is 0. The third-order valence-corrected chi connectivity index (χ3v) is 5.10. The molecular weight excluding hydrogens is 222 g/mol. The van der Waals surface area contributed by atoms with Gasteiger partial charge in [0.05, 0.1) is 0 Å². The zero-order valence-corrected chi connectivity index (χ0v) is 12.3. The average Bonchev–Trinajstić information content (AvgIpc) is 2.81. The van der Waals surface area contributed by atoms with Crippen LogP contribution in [0.1, 0.15) is 59.3 Å². The molecule has 0 bridgehead atoms. The second kappa shape index (κ2) is 6.18. The molecule has 0 amide bonds. The fourth-order valence-corrected chi connectivity index (χ4v) is 4.03. The molecule has 18 heavy (non-hydrogen) atoms. The summed E-state index contributed by atoms with van der Waals surface area (Å²) in [7, 11) is 0. The van der Waals surface area contributed by atoms with Crippen molar-refractivity contribution in [1.29, 1.82) is 0 Å². The molecule has 0 saturated heterocycles. The molecule has 0 spiro atoms. The minimum Gasteiger partial charge on any atom is -0.300 e. The first-order valence-electron chi connectivity index (χ1n) is 7.88. The largest absolute Gasteiger partial charge is 0.300 e. The van der Waals surface area contributed by atoms with Gasteiger partial charge in [-0.2, -0.15) is 0 Å². The Kier molecular flexibility index (Phi) is 4.83. The van der Waals surface area contributed by atoms with E-state index in [-0.39, 0.29) is 0 Å². The maximum atomic E-state index is 12.3. The Morgan fingerprint density at radius 1 is 1.22 bits per heavy atom. The lowest BCUT2D eigenvalue weighted by Crippen LogP contribution is -2.43. The Morgan fingerprint density at radius 3 is 2.44 bits per heavy atom. The summed E-state index contributed by atoms with van der Waals surface area (Å²) in [6, 6.07) is 0.759. The van der Waals surface area contributed by atoms with Crippen molar-refractivity contribution >= 4 is 5.78 Å². The molecule has 0 heterocycles. The molecule has 2 nitrogen and oxygen atoms in total. The molecule has 0 N–H and O–H groups in total. The standard InChI is InChI=1S/C16H29NO/c1-4-17(14-7-5-6-8-14)11-15-13(3)9-12(2)10-16(15)18/h12-15H,4-11H2,1-3H3. The zero-order chi connectivity index (χ0) is 13.1. The van der Waals surface area contributed by atoms with E-state index in [0.29, 0.717) is 23.5 Å². The quantitative estimate of drug-likeness (QED) is 0.762. The van der Waals surface area contributed by atoms with Gasteiger partial charge in [0.15, 0.2) is 0 Å². The third-order valence-electron chi connectivity index (χ3n) is 5.10. The van der Waals surface area contributed by atoms with E-state index in [4.69, 9.17) is 0 Å². The highest BCUT2D eigenvalue weighted by Crippen LogP contribution is 2.33. The normalized spacial score (nSPS) is 34.4. The van der Waals surface area contributed by atoms with Gasteiger partial charge in [-0.05, 0) is 37.6 Å². The lowest BCUT2D eigenvalue weighted by atomic mass is 9.74. The van der Waals surface area contributed by atoms with Crippen LogP contribution in [0.15, 0.2) is 0 Å². The number of carbonyl (C=O) groups is 1. The number of rotatable bonds is 4. The van der Waals surface area contributed by atoms with Gasteiger partial charge in [0, 0.05) is 24.9 Å². The van der Waals surface area contributed by atoms with Crippen LogP contribution in [0.5, 0.6) is 0 Å². The van der Waals surface area contributed by atoms with Gasteiger partial charge in [0.1, 0.15) is 5.78 Å². The highest BCUT2D eigenvalue weighted by Gasteiger charge is 2.34. The van der Waals surface area contributed by atoms with Gasteiger partial charge in [-0.1, -0.05) is 33.6 Å². The monoisotopic (exact) mass is 251 g/mol. The predicted molar refractivity (Wildman–Crippen MR) is 75.6 cm³/mol. The van der Waals surface area contributed by atoms with Crippen LogP contribution in [0.25, 0.3) is 0 Å². The number of Topliss-reactive ketones (excluding diaryl/α,β-unsaturated/α-hetero) is 1. The topological polar surface area (TPSA) is 20.3 Å². The molecule has 2 fully saturated rings. The molecule has 0 aromatic carbocycles. The van der Waals surface area contributed by atoms with Crippen LogP contribution < -0.4 is 0 Å². The summed E-state index contributed by atoms with van der Waals surface area (Å²) < 4.78 is 0. The van der Waals surface area contributed by atoms with Crippen molar-refractivity contribution in [3.63, 3.8) is 0 Å². The third kappa shape index (κ3) is 3.14. The van der Waals surface area contributed by atoms with Gasteiger partial charge in [0.2, 0.25) is 0 Å². The van der Waals surface area contributed by atoms with Crippen LogP contribution in [0.4, 0.5) is 0 Å². The fraction of sp³-hybridized carbons (Fsp3) is 0.938. The Bertz CT molecular complexity index is 283. The second-order valence-corrected chi connectivity index (χ2v) is 6.62. The minimum atomic E-state index is 0.307. The van der Waals surface area contributed by atoms with Crippen molar-refractivity contribution < 1.29 is 4.79 Å². The van der Waals surface area contributed by atoms with E-state index >= 15 is 0 Å². The molecular formula is C16H29NO. The molecule has 0 aliphatic heterocycles. The molecule has 3 atom stereocenters. The van der Waals surface area contributed by atoms with Crippen LogP contribution >= 0.6 is 0 Å². The number of hydrogen-bond donors (Lipinski definition) is 0. The first-order valence-corrected chi connectivity index (χ1v) is 7.88. The molecule has 0 aromatic rings. The molecule has 104 valence electrons. The summed E-state index contributed by atoms with van der Waals surface area (Å²) >= 11 is 0. The summed E-state index contributed by atoms with van der Waals surface area (Å²) in [5.74, 6) is 2.02. The van der Waals surface area contributed by atoms with Gasteiger partial charge in [0.25, 0.3) is 0 Å². The molecule has 2 heteroatoms.